The summed E-state index contributed by atoms with van der Waals surface area (Å²) < 4.78 is 21.8. The van der Waals surface area contributed by atoms with Crippen LogP contribution < -0.4 is 0 Å². The number of aromatic hydroxyl groups is 2. The lowest BCUT2D eigenvalue weighted by Crippen LogP contribution is -2.24. The van der Waals surface area contributed by atoms with Gasteiger partial charge < -0.3 is 39.4 Å². The van der Waals surface area contributed by atoms with Crippen LogP contribution in [0.4, 0.5) is 11.4 Å². The normalized spacial score (nSPS) is 11.1. The first kappa shape index (κ1) is 42.6. The van der Waals surface area contributed by atoms with Crippen molar-refractivity contribution in [2.45, 2.75) is 90.9 Å². The van der Waals surface area contributed by atoms with E-state index < -0.39 is 96.7 Å². The Labute approximate surface area is 300 Å². The summed E-state index contributed by atoms with van der Waals surface area (Å²) >= 11 is 0. The molecule has 4 N–H and O–H groups in total. The summed E-state index contributed by atoms with van der Waals surface area (Å²) in [6, 6.07) is 4.34. The lowest BCUT2D eigenvalue weighted by atomic mass is 9.86. The van der Waals surface area contributed by atoms with Gasteiger partial charge in [0.2, 0.25) is 0 Å². The second-order valence-corrected chi connectivity index (χ2v) is 11.8. The van der Waals surface area contributed by atoms with Crippen molar-refractivity contribution in [3.63, 3.8) is 0 Å². The Morgan fingerprint density at radius 2 is 1.04 bits per heavy atom. The van der Waals surface area contributed by atoms with Gasteiger partial charge in [-0.3, -0.25) is 19.2 Å². The minimum Gasteiger partial charge on any atom is -0.507 e. The van der Waals surface area contributed by atoms with E-state index in [0.29, 0.717) is 25.7 Å². The van der Waals surface area contributed by atoms with Crippen molar-refractivity contribution in [1.29, 1.82) is 0 Å². The summed E-state index contributed by atoms with van der Waals surface area (Å²) in [4.78, 5) is 74.4. The predicted octanol–water partition coefficient (Wildman–Crippen LogP) is 6.45. The van der Waals surface area contributed by atoms with Crippen molar-refractivity contribution in [3.05, 3.63) is 46.5 Å². The molecule has 0 heterocycles. The Hall–Kier alpha value is -5.54. The molecule has 0 saturated heterocycles. The molecule has 0 aliphatic heterocycles. The number of ether oxygens (including phenoxy) is 4. The Kier molecular flexibility index (Phi) is 17.7. The number of rotatable bonds is 22. The zero-order valence-corrected chi connectivity index (χ0v) is 29.7. The summed E-state index contributed by atoms with van der Waals surface area (Å²) in [5.41, 5.74) is -1.90. The summed E-state index contributed by atoms with van der Waals surface area (Å²) in [5.74, 6) is -9.26. The van der Waals surface area contributed by atoms with Crippen molar-refractivity contribution >= 4 is 47.2 Å². The van der Waals surface area contributed by atoms with Gasteiger partial charge in [-0.25, -0.2) is 9.59 Å². The minimum atomic E-state index is -1.64. The van der Waals surface area contributed by atoms with Crippen LogP contribution in [0.15, 0.2) is 34.5 Å². The number of carboxylic acid groups (broad SMARTS) is 2. The molecule has 0 aliphatic rings. The zero-order valence-electron chi connectivity index (χ0n) is 29.7. The molecule has 0 amide bonds. The number of carbonyl (C=O) groups is 6. The van der Waals surface area contributed by atoms with Gasteiger partial charge in [0, 0.05) is 31.2 Å². The van der Waals surface area contributed by atoms with Crippen LogP contribution in [0.25, 0.3) is 0 Å². The van der Waals surface area contributed by atoms with Crippen molar-refractivity contribution in [2.75, 3.05) is 26.4 Å². The molecule has 16 nitrogen and oxygen atoms in total. The fourth-order valence-corrected chi connectivity index (χ4v) is 4.93. The maximum Gasteiger partial charge on any atom is 0.339 e. The number of nitrogens with zero attached hydrogens (tertiary/aromatic N) is 2. The number of esters is 4. The van der Waals surface area contributed by atoms with Crippen LogP contribution in [0.5, 0.6) is 11.5 Å². The summed E-state index contributed by atoms with van der Waals surface area (Å²) in [7, 11) is 0. The number of hydrogen-bond donors (Lipinski definition) is 4. The standard InChI is InChI=1S/C36H46N2O14/c1-5-9-28(41)49-17-21(18-50-29(42)10-6-2)24-16-27(40)33(36(47)48)32(22(19-51-30(43)11-7-3)20-52-31(44)12-8-4)34(24)38-37-23-13-14-26(39)25(15-23)35(45)46/h13-16,21-22,39-40H,5-12,17-20H2,1-4H3,(H,45,46)(H,47,48). The zero-order chi connectivity index (χ0) is 38.8. The summed E-state index contributed by atoms with van der Waals surface area (Å²) in [6.07, 6.45) is 1.96. The number of phenols is 2. The van der Waals surface area contributed by atoms with E-state index in [1.165, 1.54) is 6.07 Å². The molecule has 0 saturated carbocycles. The SMILES string of the molecule is CCCC(=O)OCC(COC(=O)CCC)c1cc(O)c(C(=O)O)c(C(COC(=O)CCC)COC(=O)CCC)c1N=Nc1ccc(O)c(C(=O)O)c1. The van der Waals surface area contributed by atoms with E-state index in [4.69, 9.17) is 18.9 Å². The molecular formula is C36H46N2O14. The maximum absolute atomic E-state index is 12.8. The highest BCUT2D eigenvalue weighted by atomic mass is 16.6. The van der Waals surface area contributed by atoms with Crippen molar-refractivity contribution < 1.29 is 68.1 Å². The van der Waals surface area contributed by atoms with Gasteiger partial charge in [-0.1, -0.05) is 27.7 Å². The van der Waals surface area contributed by atoms with Crippen molar-refractivity contribution in [3.8, 4) is 11.5 Å². The Balaban J connectivity index is 3.00. The predicted molar refractivity (Wildman–Crippen MR) is 183 cm³/mol. The fraction of sp³-hybridized carbons (Fsp3) is 0.500. The molecule has 0 radical (unpaired) electrons. The minimum absolute atomic E-state index is 0.0168. The number of carbonyl (C=O) groups excluding carboxylic acids is 4. The van der Waals surface area contributed by atoms with Gasteiger partial charge in [0.05, 0.1) is 23.2 Å². The summed E-state index contributed by atoms with van der Waals surface area (Å²) in [5, 5.41) is 49.6. The fourth-order valence-electron chi connectivity index (χ4n) is 4.93. The second-order valence-electron chi connectivity index (χ2n) is 11.8. The van der Waals surface area contributed by atoms with Crippen LogP contribution >= 0.6 is 0 Å². The van der Waals surface area contributed by atoms with E-state index in [2.05, 4.69) is 10.2 Å². The summed E-state index contributed by atoms with van der Waals surface area (Å²) in [6.45, 7) is 5.10. The molecule has 0 unspecified atom stereocenters. The van der Waals surface area contributed by atoms with Gasteiger partial charge in [0.25, 0.3) is 0 Å². The Bertz CT molecular complexity index is 1580. The Morgan fingerprint density at radius 3 is 1.44 bits per heavy atom. The highest BCUT2D eigenvalue weighted by Crippen LogP contribution is 2.44. The van der Waals surface area contributed by atoms with Gasteiger partial charge in [-0.2, -0.15) is 5.11 Å². The quantitative estimate of drug-likeness (QED) is 0.0578. The van der Waals surface area contributed by atoms with E-state index >= 15 is 0 Å². The largest absolute Gasteiger partial charge is 0.507 e. The molecular weight excluding hydrogens is 684 g/mol. The average molecular weight is 731 g/mol. The van der Waals surface area contributed by atoms with Gasteiger partial charge in [0.15, 0.2) is 0 Å². The highest BCUT2D eigenvalue weighted by molar-refractivity contribution is 5.95. The topological polar surface area (TPSA) is 245 Å². The molecule has 284 valence electrons. The number of carboxylic acids is 2. The van der Waals surface area contributed by atoms with Crippen LogP contribution in [0.2, 0.25) is 0 Å². The van der Waals surface area contributed by atoms with E-state index in [-0.39, 0.29) is 48.2 Å². The van der Waals surface area contributed by atoms with Crippen LogP contribution in [0.3, 0.4) is 0 Å². The molecule has 0 bridgehead atoms. The highest BCUT2D eigenvalue weighted by Gasteiger charge is 2.33. The molecule has 2 rings (SSSR count). The molecule has 2 aromatic carbocycles. The van der Waals surface area contributed by atoms with Gasteiger partial charge in [-0.15, -0.1) is 5.11 Å². The third-order valence-electron chi connectivity index (χ3n) is 7.48. The Morgan fingerprint density at radius 1 is 0.596 bits per heavy atom. The molecule has 0 aliphatic carbocycles. The van der Waals surface area contributed by atoms with E-state index in [0.717, 1.165) is 18.2 Å². The lowest BCUT2D eigenvalue weighted by Gasteiger charge is -2.26. The number of benzene rings is 2. The second kappa shape index (κ2) is 21.6. The molecule has 0 aromatic heterocycles. The third-order valence-corrected chi connectivity index (χ3v) is 7.48. The molecule has 2 aromatic rings. The molecule has 0 fully saturated rings. The lowest BCUT2D eigenvalue weighted by molar-refractivity contribution is -0.149. The molecule has 52 heavy (non-hydrogen) atoms. The molecule has 0 spiro atoms. The average Bonchev–Trinajstić information content (AvgIpc) is 3.08. The number of aromatic carboxylic acids is 2. The first-order chi connectivity index (χ1) is 24.8. The van der Waals surface area contributed by atoms with Gasteiger partial charge in [-0.05, 0) is 55.5 Å². The van der Waals surface area contributed by atoms with E-state index in [1.807, 2.05) is 0 Å². The van der Waals surface area contributed by atoms with Crippen LogP contribution in [0.1, 0.15) is 123 Å². The van der Waals surface area contributed by atoms with Crippen molar-refractivity contribution in [1.82, 2.24) is 0 Å². The van der Waals surface area contributed by atoms with E-state index in [1.54, 1.807) is 27.7 Å². The third kappa shape index (κ3) is 13.0. The molecule has 16 heteroatoms. The smallest absolute Gasteiger partial charge is 0.339 e. The van der Waals surface area contributed by atoms with Gasteiger partial charge in [0.1, 0.15) is 49.1 Å². The number of hydrogen-bond acceptors (Lipinski definition) is 14. The van der Waals surface area contributed by atoms with Crippen LogP contribution in [-0.2, 0) is 38.1 Å². The molecule has 0 atom stereocenters. The monoisotopic (exact) mass is 730 g/mol. The first-order valence-corrected chi connectivity index (χ1v) is 17.0. The van der Waals surface area contributed by atoms with Crippen LogP contribution in [-0.4, -0.2) is 82.7 Å². The maximum atomic E-state index is 12.8. The van der Waals surface area contributed by atoms with Gasteiger partial charge >= 0.3 is 35.8 Å². The first-order valence-electron chi connectivity index (χ1n) is 17.0. The van der Waals surface area contributed by atoms with Crippen molar-refractivity contribution in [2.24, 2.45) is 10.2 Å². The van der Waals surface area contributed by atoms with E-state index in [9.17, 15) is 49.2 Å². The number of azo groups is 1. The van der Waals surface area contributed by atoms with Crippen LogP contribution in [0, 0.1) is 0 Å².